The molecule has 1 aromatic rings. The van der Waals surface area contributed by atoms with Gasteiger partial charge in [0.05, 0.1) is 5.69 Å². The van der Waals surface area contributed by atoms with E-state index < -0.39 is 0 Å². The average molecular weight is 205 g/mol. The van der Waals surface area contributed by atoms with E-state index in [4.69, 9.17) is 0 Å². The van der Waals surface area contributed by atoms with Crippen LogP contribution in [0.2, 0.25) is 0 Å². The number of nitrogens with one attached hydrogen (secondary N) is 1. The molecule has 1 nitrogen and oxygen atoms in total. The molecule has 14 heavy (non-hydrogen) atoms. The van der Waals surface area contributed by atoms with Gasteiger partial charge in [-0.05, 0) is 32.1 Å². The van der Waals surface area contributed by atoms with Gasteiger partial charge in [0.25, 0.3) is 0 Å². The monoisotopic (exact) mass is 205 g/mol. The van der Waals surface area contributed by atoms with Gasteiger partial charge >= 0.3 is 0 Å². The maximum atomic E-state index is 4.36. The van der Waals surface area contributed by atoms with Crippen LogP contribution >= 0.6 is 12.6 Å². The predicted molar refractivity (Wildman–Crippen MR) is 65.9 cm³/mol. The van der Waals surface area contributed by atoms with Crippen molar-refractivity contribution in [2.75, 3.05) is 5.32 Å². The number of anilines is 1. The lowest BCUT2D eigenvalue weighted by atomic mass is 10.3. The third-order valence-electron chi connectivity index (χ3n) is 1.77. The third kappa shape index (κ3) is 3.30. The molecular weight excluding hydrogens is 190 g/mol. The summed E-state index contributed by atoms with van der Waals surface area (Å²) in [6.45, 7) is 4.02. The zero-order valence-corrected chi connectivity index (χ0v) is 9.38. The largest absolute Gasteiger partial charge is 0.358 e. The van der Waals surface area contributed by atoms with Crippen molar-refractivity contribution in [3.05, 3.63) is 48.2 Å². The number of thiol groups is 1. The van der Waals surface area contributed by atoms with Crippen molar-refractivity contribution in [3.8, 4) is 0 Å². The van der Waals surface area contributed by atoms with E-state index in [0.29, 0.717) is 0 Å². The van der Waals surface area contributed by atoms with E-state index in [0.717, 1.165) is 16.3 Å². The molecular formula is C12H15NS. The molecule has 0 spiro atoms. The van der Waals surface area contributed by atoms with Gasteiger partial charge in [-0.15, -0.1) is 12.6 Å². The smallest absolute Gasteiger partial charge is 0.0517 e. The highest BCUT2D eigenvalue weighted by atomic mass is 32.1. The Labute approximate surface area is 90.9 Å². The van der Waals surface area contributed by atoms with Gasteiger partial charge in [0, 0.05) is 10.6 Å². The molecule has 0 aliphatic rings. The molecule has 0 heterocycles. The molecule has 0 bridgehead atoms. The standard InChI is InChI=1S/C12H15NS/c1-3-4-7-10(2)13-11-8-5-6-9-12(11)14/h3-9,13-14H,1-2H3/b4-3-,10-7-. The summed E-state index contributed by atoms with van der Waals surface area (Å²) in [4.78, 5) is 0.959. The Morgan fingerprint density at radius 3 is 2.71 bits per heavy atom. The molecule has 1 rings (SSSR count). The molecule has 1 N–H and O–H groups in total. The third-order valence-corrected chi connectivity index (χ3v) is 2.16. The number of hydrogen-bond acceptors (Lipinski definition) is 2. The lowest BCUT2D eigenvalue weighted by Crippen LogP contribution is -1.95. The fourth-order valence-electron chi connectivity index (χ4n) is 1.07. The molecule has 0 amide bonds. The minimum absolute atomic E-state index is 0.959. The lowest BCUT2D eigenvalue weighted by Gasteiger charge is -2.07. The summed E-state index contributed by atoms with van der Waals surface area (Å²) in [5.41, 5.74) is 2.14. The summed E-state index contributed by atoms with van der Waals surface area (Å²) in [6, 6.07) is 7.94. The minimum atomic E-state index is 0.959. The van der Waals surface area contributed by atoms with Gasteiger partial charge in [0.2, 0.25) is 0 Å². The van der Waals surface area contributed by atoms with Crippen LogP contribution in [0.4, 0.5) is 5.69 Å². The Hall–Kier alpha value is -1.15. The van der Waals surface area contributed by atoms with E-state index in [-0.39, 0.29) is 0 Å². The highest BCUT2D eigenvalue weighted by Gasteiger charge is 1.95. The van der Waals surface area contributed by atoms with Gasteiger partial charge in [-0.2, -0.15) is 0 Å². The van der Waals surface area contributed by atoms with Crippen molar-refractivity contribution in [2.24, 2.45) is 0 Å². The topological polar surface area (TPSA) is 12.0 Å². The molecule has 2 heteroatoms. The average Bonchev–Trinajstić information content (AvgIpc) is 2.18. The van der Waals surface area contributed by atoms with Gasteiger partial charge < -0.3 is 5.32 Å². The van der Waals surface area contributed by atoms with Crippen LogP contribution in [0, 0.1) is 0 Å². The van der Waals surface area contributed by atoms with Crippen molar-refractivity contribution >= 4 is 18.3 Å². The van der Waals surface area contributed by atoms with Crippen molar-refractivity contribution < 1.29 is 0 Å². The predicted octanol–water partition coefficient (Wildman–Crippen LogP) is 3.87. The van der Waals surface area contributed by atoms with E-state index in [1.165, 1.54) is 0 Å². The second-order valence-corrected chi connectivity index (χ2v) is 3.50. The van der Waals surface area contributed by atoms with Crippen molar-refractivity contribution in [1.82, 2.24) is 0 Å². The fraction of sp³-hybridized carbons (Fsp3) is 0.167. The van der Waals surface area contributed by atoms with E-state index in [9.17, 15) is 0 Å². The Morgan fingerprint density at radius 1 is 1.36 bits per heavy atom. The molecule has 74 valence electrons. The SMILES string of the molecule is C/C=C\C=C(\C)Nc1ccccc1S. The molecule has 0 aliphatic heterocycles. The Balaban J connectivity index is 2.74. The molecule has 0 fully saturated rings. The van der Waals surface area contributed by atoms with Gasteiger partial charge in [-0.25, -0.2) is 0 Å². The molecule has 0 atom stereocenters. The van der Waals surface area contributed by atoms with Gasteiger partial charge in [0.1, 0.15) is 0 Å². The van der Waals surface area contributed by atoms with Crippen LogP contribution < -0.4 is 5.32 Å². The highest BCUT2D eigenvalue weighted by Crippen LogP contribution is 2.19. The Morgan fingerprint density at radius 2 is 2.07 bits per heavy atom. The highest BCUT2D eigenvalue weighted by molar-refractivity contribution is 7.80. The van der Waals surface area contributed by atoms with E-state index >= 15 is 0 Å². The number of benzene rings is 1. The number of rotatable bonds is 3. The van der Waals surface area contributed by atoms with Crippen LogP contribution in [0.3, 0.4) is 0 Å². The van der Waals surface area contributed by atoms with E-state index in [1.54, 1.807) is 0 Å². The summed E-state index contributed by atoms with van der Waals surface area (Å²) in [5, 5.41) is 3.28. The van der Waals surface area contributed by atoms with Crippen LogP contribution in [0.1, 0.15) is 13.8 Å². The zero-order chi connectivity index (χ0) is 10.4. The molecule has 0 aromatic heterocycles. The maximum absolute atomic E-state index is 4.36. The Bertz CT molecular complexity index is 353. The maximum Gasteiger partial charge on any atom is 0.0517 e. The van der Waals surface area contributed by atoms with Crippen LogP contribution in [-0.4, -0.2) is 0 Å². The zero-order valence-electron chi connectivity index (χ0n) is 8.49. The number of allylic oxidation sites excluding steroid dienone is 4. The summed E-state index contributed by atoms with van der Waals surface area (Å²) in [5.74, 6) is 0. The van der Waals surface area contributed by atoms with Crippen molar-refractivity contribution in [2.45, 2.75) is 18.7 Å². The van der Waals surface area contributed by atoms with E-state index in [1.807, 2.05) is 56.3 Å². The first-order valence-corrected chi connectivity index (χ1v) is 5.03. The first-order chi connectivity index (χ1) is 6.74. The summed E-state index contributed by atoms with van der Waals surface area (Å²) < 4.78 is 0. The summed E-state index contributed by atoms with van der Waals surface area (Å²) in [6.07, 6.45) is 6.03. The van der Waals surface area contributed by atoms with Gasteiger partial charge in [-0.3, -0.25) is 0 Å². The summed E-state index contributed by atoms with van der Waals surface area (Å²) in [7, 11) is 0. The van der Waals surface area contributed by atoms with Crippen LogP contribution in [0.5, 0.6) is 0 Å². The molecule has 0 aliphatic carbocycles. The van der Waals surface area contributed by atoms with Crippen LogP contribution in [-0.2, 0) is 0 Å². The van der Waals surface area contributed by atoms with Crippen molar-refractivity contribution in [1.29, 1.82) is 0 Å². The first-order valence-electron chi connectivity index (χ1n) is 4.58. The van der Waals surface area contributed by atoms with Gasteiger partial charge in [-0.1, -0.05) is 24.3 Å². The Kier molecular flexibility index (Phi) is 4.33. The minimum Gasteiger partial charge on any atom is -0.358 e. The molecule has 0 saturated carbocycles. The lowest BCUT2D eigenvalue weighted by molar-refractivity contribution is 1.32. The molecule has 0 saturated heterocycles. The quantitative estimate of drug-likeness (QED) is 0.564. The fourth-order valence-corrected chi connectivity index (χ4v) is 1.29. The first kappa shape index (κ1) is 10.9. The second kappa shape index (κ2) is 5.55. The molecule has 0 unspecified atom stereocenters. The molecule has 1 aromatic carbocycles. The normalized spacial score (nSPS) is 12.1. The number of hydrogen-bond donors (Lipinski definition) is 2. The van der Waals surface area contributed by atoms with Crippen LogP contribution in [0.25, 0.3) is 0 Å². The second-order valence-electron chi connectivity index (χ2n) is 3.02. The van der Waals surface area contributed by atoms with Crippen LogP contribution in [0.15, 0.2) is 53.1 Å². The van der Waals surface area contributed by atoms with Crippen molar-refractivity contribution in [3.63, 3.8) is 0 Å². The van der Waals surface area contributed by atoms with E-state index in [2.05, 4.69) is 17.9 Å². The van der Waals surface area contributed by atoms with Gasteiger partial charge in [0.15, 0.2) is 0 Å². The number of para-hydroxylation sites is 1. The summed E-state index contributed by atoms with van der Waals surface area (Å²) >= 11 is 4.36. The molecule has 0 radical (unpaired) electrons.